The fourth-order valence-electron chi connectivity index (χ4n) is 3.48. The molecule has 0 radical (unpaired) electrons. The first kappa shape index (κ1) is 15.3. The maximum atomic E-state index is 12.3. The molecule has 1 N–H and O–H groups in total. The highest BCUT2D eigenvalue weighted by Crippen LogP contribution is 2.24. The summed E-state index contributed by atoms with van der Waals surface area (Å²) in [4.78, 5) is 0. The molecule has 0 aromatic heterocycles. The van der Waals surface area contributed by atoms with Gasteiger partial charge in [0.1, 0.15) is 0 Å². The molecule has 2 rings (SSSR count). The van der Waals surface area contributed by atoms with Crippen LogP contribution in [0.2, 0.25) is 0 Å². The van der Waals surface area contributed by atoms with Crippen molar-refractivity contribution in [1.29, 1.82) is 0 Å². The van der Waals surface area contributed by atoms with Gasteiger partial charge in [-0.1, -0.05) is 44.9 Å². The van der Waals surface area contributed by atoms with E-state index >= 15 is 0 Å². The van der Waals surface area contributed by atoms with Crippen LogP contribution in [-0.2, 0) is 9.84 Å². The first-order valence-corrected chi connectivity index (χ1v) is 9.85. The van der Waals surface area contributed by atoms with Crippen molar-refractivity contribution in [3.63, 3.8) is 0 Å². The fraction of sp³-hybridized carbons (Fsp3) is 1.00. The molecule has 0 aromatic rings. The van der Waals surface area contributed by atoms with Gasteiger partial charge in [0.25, 0.3) is 0 Å². The quantitative estimate of drug-likeness (QED) is 0.791. The molecule has 2 saturated carbocycles. The van der Waals surface area contributed by atoms with Crippen LogP contribution < -0.4 is 5.32 Å². The third kappa shape index (κ3) is 5.07. The lowest BCUT2D eigenvalue weighted by atomic mass is 10.0. The van der Waals surface area contributed by atoms with E-state index in [-0.39, 0.29) is 5.25 Å². The molecule has 19 heavy (non-hydrogen) atoms. The van der Waals surface area contributed by atoms with E-state index < -0.39 is 9.84 Å². The summed E-state index contributed by atoms with van der Waals surface area (Å²) < 4.78 is 24.5. The van der Waals surface area contributed by atoms with Crippen LogP contribution in [0.5, 0.6) is 0 Å². The summed E-state index contributed by atoms with van der Waals surface area (Å²) in [5, 5.41) is 3.43. The van der Waals surface area contributed by atoms with Crippen LogP contribution in [-0.4, -0.2) is 32.0 Å². The molecule has 2 fully saturated rings. The van der Waals surface area contributed by atoms with Gasteiger partial charge < -0.3 is 5.32 Å². The monoisotopic (exact) mass is 287 g/mol. The van der Waals surface area contributed by atoms with Gasteiger partial charge in [-0.15, -0.1) is 0 Å². The average molecular weight is 287 g/mol. The molecule has 2 aliphatic rings. The average Bonchev–Trinajstić information content (AvgIpc) is 2.68. The summed E-state index contributed by atoms with van der Waals surface area (Å²) in [7, 11) is -2.86. The van der Waals surface area contributed by atoms with Crippen molar-refractivity contribution in [2.24, 2.45) is 0 Å². The highest BCUT2D eigenvalue weighted by atomic mass is 32.2. The normalized spacial score (nSPS) is 24.2. The van der Waals surface area contributed by atoms with E-state index in [1.54, 1.807) is 0 Å². The zero-order chi connectivity index (χ0) is 13.6. The second-order valence-electron chi connectivity index (χ2n) is 6.27. The number of sulfone groups is 1. The molecular formula is C15H29NO2S. The van der Waals surface area contributed by atoms with Crippen molar-refractivity contribution in [2.45, 2.75) is 81.9 Å². The van der Waals surface area contributed by atoms with Crippen molar-refractivity contribution in [3.05, 3.63) is 0 Å². The second kappa shape index (κ2) is 7.63. The highest BCUT2D eigenvalue weighted by molar-refractivity contribution is 7.92. The van der Waals surface area contributed by atoms with E-state index in [0.29, 0.717) is 18.3 Å². The first-order chi connectivity index (χ1) is 9.18. The molecule has 2 aliphatic carbocycles. The lowest BCUT2D eigenvalue weighted by Gasteiger charge is -2.22. The Bertz CT molecular complexity index is 339. The molecule has 112 valence electrons. The molecule has 0 aliphatic heterocycles. The van der Waals surface area contributed by atoms with Crippen LogP contribution in [0.15, 0.2) is 0 Å². The van der Waals surface area contributed by atoms with E-state index in [4.69, 9.17) is 0 Å². The zero-order valence-corrected chi connectivity index (χ0v) is 12.9. The first-order valence-electron chi connectivity index (χ1n) is 8.13. The van der Waals surface area contributed by atoms with Gasteiger partial charge in [0.15, 0.2) is 9.84 Å². The minimum absolute atomic E-state index is 0.0443. The Hall–Kier alpha value is -0.0900. The molecule has 0 bridgehead atoms. The van der Waals surface area contributed by atoms with Gasteiger partial charge in [0.2, 0.25) is 0 Å². The minimum Gasteiger partial charge on any atom is -0.313 e. The van der Waals surface area contributed by atoms with Gasteiger partial charge in [-0.25, -0.2) is 8.42 Å². The molecule has 4 heteroatoms. The van der Waals surface area contributed by atoms with Crippen LogP contribution in [0.25, 0.3) is 0 Å². The predicted octanol–water partition coefficient (Wildman–Crippen LogP) is 3.05. The predicted molar refractivity (Wildman–Crippen MR) is 80.2 cm³/mol. The minimum atomic E-state index is -2.86. The Morgan fingerprint density at radius 3 is 1.95 bits per heavy atom. The van der Waals surface area contributed by atoms with Crippen molar-refractivity contribution < 1.29 is 8.42 Å². The highest BCUT2D eigenvalue weighted by Gasteiger charge is 2.26. The van der Waals surface area contributed by atoms with Gasteiger partial charge >= 0.3 is 0 Å². The number of nitrogens with one attached hydrogen (secondary N) is 1. The fourth-order valence-corrected chi connectivity index (χ4v) is 5.27. The summed E-state index contributed by atoms with van der Waals surface area (Å²) in [6.07, 6.45) is 12.9. The summed E-state index contributed by atoms with van der Waals surface area (Å²) in [6, 6.07) is 0.559. The summed E-state index contributed by atoms with van der Waals surface area (Å²) in [5.74, 6) is 0.341. The third-order valence-corrected chi connectivity index (χ3v) is 7.00. The lowest BCUT2D eigenvalue weighted by molar-refractivity contribution is 0.463. The largest absolute Gasteiger partial charge is 0.313 e. The van der Waals surface area contributed by atoms with E-state index in [9.17, 15) is 8.42 Å². The molecule has 0 aromatic carbocycles. The molecular weight excluding hydrogens is 258 g/mol. The maximum Gasteiger partial charge on any atom is 0.154 e. The van der Waals surface area contributed by atoms with Crippen LogP contribution in [0, 0.1) is 0 Å². The van der Waals surface area contributed by atoms with Gasteiger partial charge in [-0.05, 0) is 25.7 Å². The molecule has 0 heterocycles. The topological polar surface area (TPSA) is 46.2 Å². The van der Waals surface area contributed by atoms with E-state index in [0.717, 1.165) is 25.7 Å². The summed E-state index contributed by atoms with van der Waals surface area (Å²) >= 11 is 0. The van der Waals surface area contributed by atoms with E-state index in [2.05, 4.69) is 5.32 Å². The van der Waals surface area contributed by atoms with Crippen LogP contribution in [0.3, 0.4) is 0 Å². The zero-order valence-electron chi connectivity index (χ0n) is 12.1. The van der Waals surface area contributed by atoms with Crippen LogP contribution >= 0.6 is 0 Å². The van der Waals surface area contributed by atoms with Crippen molar-refractivity contribution in [1.82, 2.24) is 5.32 Å². The lowest BCUT2D eigenvalue weighted by Crippen LogP contribution is -2.36. The second-order valence-corrected chi connectivity index (χ2v) is 8.67. The van der Waals surface area contributed by atoms with E-state index in [1.165, 1.54) is 44.9 Å². The van der Waals surface area contributed by atoms with Gasteiger partial charge in [-0.2, -0.15) is 0 Å². The van der Waals surface area contributed by atoms with Crippen molar-refractivity contribution >= 4 is 9.84 Å². The summed E-state index contributed by atoms with van der Waals surface area (Å²) in [6.45, 7) is 0.656. The maximum absolute atomic E-state index is 12.3. The molecule has 0 saturated heterocycles. The number of hydrogen-bond acceptors (Lipinski definition) is 3. The smallest absolute Gasteiger partial charge is 0.154 e. The SMILES string of the molecule is O=S(=O)(CCNC1CCCCCC1)C1CCCCC1. The Labute approximate surface area is 118 Å². The standard InChI is InChI=1S/C15H29NO2S/c17-19(18,15-10-6-3-7-11-15)13-12-16-14-8-4-1-2-5-9-14/h14-16H,1-13H2. The van der Waals surface area contributed by atoms with Crippen molar-refractivity contribution in [2.75, 3.05) is 12.3 Å². The van der Waals surface area contributed by atoms with Gasteiger partial charge in [0, 0.05) is 12.6 Å². The van der Waals surface area contributed by atoms with E-state index in [1.807, 2.05) is 0 Å². The van der Waals surface area contributed by atoms with Crippen LogP contribution in [0.4, 0.5) is 0 Å². The number of hydrogen-bond donors (Lipinski definition) is 1. The molecule has 0 atom stereocenters. The van der Waals surface area contributed by atoms with Crippen LogP contribution in [0.1, 0.15) is 70.6 Å². The molecule has 0 unspecified atom stereocenters. The Kier molecular flexibility index (Phi) is 6.14. The number of rotatable bonds is 5. The van der Waals surface area contributed by atoms with Gasteiger partial charge in [0.05, 0.1) is 11.0 Å². The molecule has 0 spiro atoms. The Balaban J connectivity index is 1.71. The Morgan fingerprint density at radius 2 is 1.32 bits per heavy atom. The summed E-state index contributed by atoms with van der Waals surface area (Å²) in [5.41, 5.74) is 0. The molecule has 3 nitrogen and oxygen atoms in total. The third-order valence-electron chi connectivity index (χ3n) is 4.73. The molecule has 0 amide bonds. The van der Waals surface area contributed by atoms with Gasteiger partial charge in [-0.3, -0.25) is 0 Å². The van der Waals surface area contributed by atoms with Crippen molar-refractivity contribution in [3.8, 4) is 0 Å². The Morgan fingerprint density at radius 1 is 0.789 bits per heavy atom.